The fourth-order valence-corrected chi connectivity index (χ4v) is 4.32. The molecule has 7 nitrogen and oxygen atoms in total. The molecule has 0 atom stereocenters. The predicted molar refractivity (Wildman–Crippen MR) is 146 cm³/mol. The molecule has 8 heteroatoms. The van der Waals surface area contributed by atoms with E-state index in [2.05, 4.69) is 10.3 Å². The van der Waals surface area contributed by atoms with Crippen molar-refractivity contribution < 1.29 is 19.5 Å². The highest BCUT2D eigenvalue weighted by Crippen LogP contribution is 2.29. The number of nitrogens with zero attached hydrogens (tertiary/aromatic N) is 2. The Balaban J connectivity index is 1.64. The van der Waals surface area contributed by atoms with Crippen LogP contribution in [-0.2, 0) is 17.9 Å². The molecule has 0 aliphatic carbocycles. The van der Waals surface area contributed by atoms with Gasteiger partial charge in [0, 0.05) is 48.2 Å². The molecule has 2 N–H and O–H groups in total. The summed E-state index contributed by atoms with van der Waals surface area (Å²) in [5, 5.41) is 12.8. The molecule has 0 spiro atoms. The van der Waals surface area contributed by atoms with Gasteiger partial charge >= 0.3 is 5.97 Å². The third-order valence-electron chi connectivity index (χ3n) is 5.94. The highest BCUT2D eigenvalue weighted by Gasteiger charge is 2.23. The molecular formula is C30H26ClN3O4. The van der Waals surface area contributed by atoms with Crippen LogP contribution in [0.1, 0.15) is 38.3 Å². The topological polar surface area (TPSA) is 99.6 Å². The summed E-state index contributed by atoms with van der Waals surface area (Å²) in [5.74, 6) is -1.62. The van der Waals surface area contributed by atoms with Crippen molar-refractivity contribution in [2.24, 2.45) is 0 Å². The highest BCUT2D eigenvalue weighted by molar-refractivity contribution is 6.30. The molecule has 0 aliphatic heterocycles. The number of carbonyl (C=O) groups excluding carboxylic acids is 2. The molecule has 2 amide bonds. The second-order valence-electron chi connectivity index (χ2n) is 8.64. The van der Waals surface area contributed by atoms with E-state index in [1.807, 2.05) is 24.3 Å². The van der Waals surface area contributed by atoms with Crippen LogP contribution < -0.4 is 5.32 Å². The number of hydrogen-bond donors (Lipinski definition) is 2. The van der Waals surface area contributed by atoms with Crippen molar-refractivity contribution in [3.05, 3.63) is 125 Å². The normalized spacial score (nSPS) is 10.6. The SMILES string of the molecule is O=C(O)CCN(Cc1cccnc1)C(=O)c1ccccc1-c1ccccc1C(=O)NCc1cccc(Cl)c1. The van der Waals surface area contributed by atoms with Gasteiger partial charge in [0.05, 0.1) is 6.42 Å². The van der Waals surface area contributed by atoms with E-state index in [0.29, 0.717) is 33.8 Å². The predicted octanol–water partition coefficient (Wildman–Crippen LogP) is 5.45. The first-order chi connectivity index (χ1) is 18.4. The summed E-state index contributed by atoms with van der Waals surface area (Å²) in [6, 6.07) is 25.0. The van der Waals surface area contributed by atoms with Crippen molar-refractivity contribution in [2.45, 2.75) is 19.5 Å². The van der Waals surface area contributed by atoms with Gasteiger partial charge in [-0.1, -0.05) is 66.2 Å². The second-order valence-corrected chi connectivity index (χ2v) is 9.07. The smallest absolute Gasteiger partial charge is 0.305 e. The van der Waals surface area contributed by atoms with Crippen molar-refractivity contribution in [2.75, 3.05) is 6.54 Å². The molecule has 38 heavy (non-hydrogen) atoms. The Morgan fingerprint density at radius 2 is 1.53 bits per heavy atom. The molecule has 1 aromatic heterocycles. The van der Waals surface area contributed by atoms with Crippen molar-refractivity contribution in [1.82, 2.24) is 15.2 Å². The second kappa shape index (κ2) is 12.7. The van der Waals surface area contributed by atoms with Gasteiger partial charge in [0.15, 0.2) is 0 Å². The monoisotopic (exact) mass is 527 g/mol. The fourth-order valence-electron chi connectivity index (χ4n) is 4.11. The van der Waals surface area contributed by atoms with Crippen LogP contribution in [0.3, 0.4) is 0 Å². The Morgan fingerprint density at radius 3 is 2.21 bits per heavy atom. The van der Waals surface area contributed by atoms with Crippen LogP contribution >= 0.6 is 11.6 Å². The number of halogens is 1. The van der Waals surface area contributed by atoms with Crippen molar-refractivity contribution in [3.8, 4) is 11.1 Å². The maximum Gasteiger partial charge on any atom is 0.305 e. The average molecular weight is 528 g/mol. The Morgan fingerprint density at radius 1 is 0.842 bits per heavy atom. The van der Waals surface area contributed by atoms with Crippen molar-refractivity contribution in [1.29, 1.82) is 0 Å². The molecule has 4 rings (SSSR count). The molecule has 0 saturated heterocycles. The number of pyridine rings is 1. The van der Waals surface area contributed by atoms with E-state index in [-0.39, 0.29) is 31.3 Å². The number of aromatic nitrogens is 1. The lowest BCUT2D eigenvalue weighted by molar-refractivity contribution is -0.137. The van der Waals surface area contributed by atoms with E-state index in [4.69, 9.17) is 11.6 Å². The minimum Gasteiger partial charge on any atom is -0.481 e. The van der Waals surface area contributed by atoms with Crippen LogP contribution in [0.4, 0.5) is 0 Å². The van der Waals surface area contributed by atoms with E-state index in [1.54, 1.807) is 73.1 Å². The van der Waals surface area contributed by atoms with Crippen molar-refractivity contribution >= 4 is 29.4 Å². The largest absolute Gasteiger partial charge is 0.481 e. The Bertz CT molecular complexity index is 1440. The summed E-state index contributed by atoms with van der Waals surface area (Å²) in [6.45, 7) is 0.525. The molecule has 0 unspecified atom stereocenters. The van der Waals surface area contributed by atoms with Gasteiger partial charge < -0.3 is 15.3 Å². The quantitative estimate of drug-likeness (QED) is 0.286. The van der Waals surface area contributed by atoms with Gasteiger partial charge in [-0.05, 0) is 52.6 Å². The lowest BCUT2D eigenvalue weighted by Crippen LogP contribution is -2.33. The summed E-state index contributed by atoms with van der Waals surface area (Å²) in [7, 11) is 0. The number of rotatable bonds is 10. The van der Waals surface area contributed by atoms with Gasteiger partial charge in [-0.15, -0.1) is 0 Å². The molecule has 0 radical (unpaired) electrons. The van der Waals surface area contributed by atoms with Gasteiger partial charge in [0.25, 0.3) is 11.8 Å². The number of hydrogen-bond acceptors (Lipinski definition) is 4. The van der Waals surface area contributed by atoms with Crippen LogP contribution in [0.5, 0.6) is 0 Å². The first-order valence-electron chi connectivity index (χ1n) is 12.0. The lowest BCUT2D eigenvalue weighted by atomic mass is 9.94. The van der Waals surface area contributed by atoms with Crippen LogP contribution in [0.25, 0.3) is 11.1 Å². The molecule has 0 fully saturated rings. The number of carboxylic acid groups (broad SMARTS) is 1. The first-order valence-corrected chi connectivity index (χ1v) is 12.4. The summed E-state index contributed by atoms with van der Waals surface area (Å²) < 4.78 is 0. The average Bonchev–Trinajstić information content (AvgIpc) is 2.94. The number of nitrogens with one attached hydrogen (secondary N) is 1. The molecule has 0 bridgehead atoms. The van der Waals surface area contributed by atoms with Crippen LogP contribution in [0, 0.1) is 0 Å². The van der Waals surface area contributed by atoms with E-state index >= 15 is 0 Å². The van der Waals surface area contributed by atoms with E-state index in [9.17, 15) is 19.5 Å². The Hall–Kier alpha value is -4.49. The lowest BCUT2D eigenvalue weighted by Gasteiger charge is -2.24. The van der Waals surface area contributed by atoms with Crippen LogP contribution in [0.15, 0.2) is 97.3 Å². The zero-order chi connectivity index (χ0) is 26.9. The Kier molecular flexibility index (Phi) is 8.85. The van der Waals surface area contributed by atoms with Gasteiger partial charge in [-0.3, -0.25) is 19.4 Å². The molecule has 0 aliphatic rings. The number of aliphatic carboxylic acids is 1. The maximum atomic E-state index is 13.8. The third kappa shape index (κ3) is 6.83. The first kappa shape index (κ1) is 26.6. The molecule has 1 heterocycles. The Labute approximate surface area is 225 Å². The summed E-state index contributed by atoms with van der Waals surface area (Å²) in [6.07, 6.45) is 3.08. The molecule has 4 aromatic rings. The zero-order valence-corrected chi connectivity index (χ0v) is 21.3. The molecule has 0 saturated carbocycles. The number of amides is 2. The van der Waals surface area contributed by atoms with Gasteiger partial charge in [-0.25, -0.2) is 0 Å². The third-order valence-corrected chi connectivity index (χ3v) is 6.18. The number of carbonyl (C=O) groups is 3. The van der Waals surface area contributed by atoms with Crippen molar-refractivity contribution in [3.63, 3.8) is 0 Å². The van der Waals surface area contributed by atoms with E-state index in [0.717, 1.165) is 11.1 Å². The minimum atomic E-state index is -0.996. The van der Waals surface area contributed by atoms with Gasteiger partial charge in [0.1, 0.15) is 0 Å². The number of carboxylic acids is 1. The molecular weight excluding hydrogens is 502 g/mol. The molecule has 192 valence electrons. The van der Waals surface area contributed by atoms with E-state index in [1.165, 1.54) is 4.90 Å². The summed E-state index contributed by atoms with van der Waals surface area (Å²) in [4.78, 5) is 43.9. The molecule has 3 aromatic carbocycles. The maximum absolute atomic E-state index is 13.8. The summed E-state index contributed by atoms with van der Waals surface area (Å²) in [5.41, 5.74) is 3.61. The van der Waals surface area contributed by atoms with Gasteiger partial charge in [-0.2, -0.15) is 0 Å². The van der Waals surface area contributed by atoms with Gasteiger partial charge in [0.2, 0.25) is 0 Å². The van der Waals surface area contributed by atoms with Crippen LogP contribution in [0.2, 0.25) is 5.02 Å². The highest BCUT2D eigenvalue weighted by atomic mass is 35.5. The van der Waals surface area contributed by atoms with E-state index < -0.39 is 5.97 Å². The fraction of sp³-hybridized carbons (Fsp3) is 0.133. The summed E-state index contributed by atoms with van der Waals surface area (Å²) >= 11 is 6.06. The standard InChI is InChI=1S/C30H26ClN3O4/c31-23-9-5-7-21(17-23)19-33-29(37)26-12-3-1-10-24(26)25-11-2-4-13-27(25)30(38)34(16-14-28(35)36)20-22-8-6-15-32-18-22/h1-13,15,17-18H,14,16,19-20H2,(H,33,37)(H,35,36). The zero-order valence-electron chi connectivity index (χ0n) is 20.5. The number of benzene rings is 3. The minimum absolute atomic E-state index is 0.0269. The van der Waals surface area contributed by atoms with Crippen LogP contribution in [-0.4, -0.2) is 39.3 Å².